The lowest BCUT2D eigenvalue weighted by atomic mass is 10.2. The molecule has 1 saturated carbocycles. The van der Waals surface area contributed by atoms with Gasteiger partial charge in [-0.1, -0.05) is 6.92 Å². The monoisotopic (exact) mass is 268 g/mol. The van der Waals surface area contributed by atoms with Crippen molar-refractivity contribution in [2.75, 3.05) is 12.9 Å². The van der Waals surface area contributed by atoms with Crippen LogP contribution in [0.15, 0.2) is 15.9 Å². The number of hydrogen-bond acceptors (Lipinski definition) is 5. The van der Waals surface area contributed by atoms with Crippen LogP contribution in [0.25, 0.3) is 0 Å². The predicted molar refractivity (Wildman–Crippen MR) is 68.7 cm³/mol. The Hall–Kier alpha value is -1.30. The molecule has 1 atom stereocenters. The lowest BCUT2D eigenvalue weighted by Gasteiger charge is -2.08. The van der Waals surface area contributed by atoms with Crippen LogP contribution >= 0.6 is 11.8 Å². The molecule has 2 rings (SSSR count). The highest BCUT2D eigenvalue weighted by Gasteiger charge is 2.26. The molecule has 1 aromatic heterocycles. The lowest BCUT2D eigenvalue weighted by Crippen LogP contribution is -2.15. The van der Waals surface area contributed by atoms with Gasteiger partial charge >= 0.3 is 5.97 Å². The molecule has 0 bridgehead atoms. The smallest absolute Gasteiger partial charge is 0.309 e. The maximum absolute atomic E-state index is 11.5. The van der Waals surface area contributed by atoms with E-state index in [-0.39, 0.29) is 17.4 Å². The van der Waals surface area contributed by atoms with Gasteiger partial charge in [0.25, 0.3) is 5.56 Å². The van der Waals surface area contributed by atoms with E-state index in [0.717, 1.165) is 18.7 Å². The van der Waals surface area contributed by atoms with Gasteiger partial charge in [0.05, 0.1) is 13.0 Å². The molecule has 6 heteroatoms. The predicted octanol–water partition coefficient (Wildman–Crippen LogP) is 1.55. The summed E-state index contributed by atoms with van der Waals surface area (Å²) in [6.45, 7) is 1.80. The Morgan fingerprint density at radius 3 is 3.00 bits per heavy atom. The molecule has 1 aliphatic carbocycles. The van der Waals surface area contributed by atoms with Crippen molar-refractivity contribution in [2.24, 2.45) is 5.92 Å². The number of nitrogens with zero attached hydrogens (tertiary/aromatic N) is 1. The van der Waals surface area contributed by atoms with Crippen LogP contribution in [0.4, 0.5) is 0 Å². The van der Waals surface area contributed by atoms with Crippen LogP contribution in [0.5, 0.6) is 0 Å². The van der Waals surface area contributed by atoms with E-state index >= 15 is 0 Å². The van der Waals surface area contributed by atoms with Gasteiger partial charge in [-0.15, -0.1) is 11.8 Å². The molecule has 1 heterocycles. The molecule has 0 amide bonds. The Kier molecular flexibility index (Phi) is 4.06. The van der Waals surface area contributed by atoms with E-state index in [9.17, 15) is 9.59 Å². The fourth-order valence-electron chi connectivity index (χ4n) is 1.56. The van der Waals surface area contributed by atoms with Crippen molar-refractivity contribution >= 4 is 17.7 Å². The summed E-state index contributed by atoms with van der Waals surface area (Å²) in [6, 6.07) is 1.47. The van der Waals surface area contributed by atoms with E-state index in [1.165, 1.54) is 24.9 Å². The molecule has 0 spiro atoms. The van der Waals surface area contributed by atoms with E-state index < -0.39 is 0 Å². The first-order valence-electron chi connectivity index (χ1n) is 5.92. The summed E-state index contributed by atoms with van der Waals surface area (Å²) in [5.41, 5.74) is -0.125. The maximum Gasteiger partial charge on any atom is 0.309 e. The minimum atomic E-state index is -0.241. The van der Waals surface area contributed by atoms with Crippen LogP contribution in [0.1, 0.15) is 31.5 Å². The molecular weight excluding hydrogens is 252 g/mol. The summed E-state index contributed by atoms with van der Waals surface area (Å²) in [4.78, 5) is 29.9. The van der Waals surface area contributed by atoms with Gasteiger partial charge in [-0.3, -0.25) is 9.59 Å². The third-order valence-corrected chi connectivity index (χ3v) is 3.96. The number of ether oxygens (including phenoxy) is 1. The second kappa shape index (κ2) is 5.56. The molecule has 1 unspecified atom stereocenters. The quantitative estimate of drug-likeness (QED) is 0.498. The molecule has 18 heavy (non-hydrogen) atoms. The fraction of sp³-hybridized carbons (Fsp3) is 0.583. The molecule has 0 aromatic carbocycles. The minimum absolute atomic E-state index is 0.125. The Labute approximate surface area is 109 Å². The first-order chi connectivity index (χ1) is 8.60. The maximum atomic E-state index is 11.5. The minimum Gasteiger partial charge on any atom is -0.469 e. The number of aromatic amines is 1. The summed E-state index contributed by atoms with van der Waals surface area (Å²) in [5.74, 6) is 1.31. The van der Waals surface area contributed by atoms with Gasteiger partial charge in [0.15, 0.2) is 0 Å². The number of carbonyl (C=O) groups excluding carboxylic acids is 1. The van der Waals surface area contributed by atoms with Crippen molar-refractivity contribution in [3.63, 3.8) is 0 Å². The zero-order valence-corrected chi connectivity index (χ0v) is 11.3. The summed E-state index contributed by atoms with van der Waals surface area (Å²) in [6.07, 6.45) is 2.19. The number of thioether (sulfide) groups is 1. The van der Waals surface area contributed by atoms with Crippen molar-refractivity contribution in [2.45, 2.75) is 30.7 Å². The van der Waals surface area contributed by atoms with Gasteiger partial charge < -0.3 is 9.72 Å². The molecule has 98 valence electrons. The van der Waals surface area contributed by atoms with E-state index in [1.807, 2.05) is 0 Å². The molecular formula is C12H16N2O3S. The molecule has 1 N–H and O–H groups in total. The van der Waals surface area contributed by atoms with Crippen LogP contribution in [-0.2, 0) is 9.53 Å². The van der Waals surface area contributed by atoms with Crippen molar-refractivity contribution < 1.29 is 9.53 Å². The van der Waals surface area contributed by atoms with Crippen molar-refractivity contribution in [1.82, 2.24) is 9.97 Å². The molecule has 5 nitrogen and oxygen atoms in total. The van der Waals surface area contributed by atoms with Gasteiger partial charge in [0, 0.05) is 17.7 Å². The summed E-state index contributed by atoms with van der Waals surface area (Å²) < 4.78 is 4.66. The Balaban J connectivity index is 2.00. The number of H-pyrrole nitrogens is 1. The van der Waals surface area contributed by atoms with Crippen molar-refractivity contribution in [3.8, 4) is 0 Å². The molecule has 0 radical (unpaired) electrons. The molecule has 1 fully saturated rings. The fourth-order valence-corrected chi connectivity index (χ4v) is 2.47. The van der Waals surface area contributed by atoms with E-state index in [0.29, 0.717) is 16.7 Å². The normalized spacial score (nSPS) is 16.3. The van der Waals surface area contributed by atoms with Crippen LogP contribution in [0.3, 0.4) is 0 Å². The van der Waals surface area contributed by atoms with Gasteiger partial charge in [-0.25, -0.2) is 4.98 Å². The van der Waals surface area contributed by atoms with E-state index in [1.54, 1.807) is 6.92 Å². The van der Waals surface area contributed by atoms with Gasteiger partial charge in [0.1, 0.15) is 10.9 Å². The van der Waals surface area contributed by atoms with Crippen molar-refractivity contribution in [3.05, 3.63) is 22.2 Å². The molecule has 1 aliphatic rings. The van der Waals surface area contributed by atoms with Crippen LogP contribution in [0.2, 0.25) is 0 Å². The standard InChI is InChI=1S/C12H16N2O3S/c1-7(12(16)17-2)6-18-10-5-9(15)13-11(14-10)8-3-4-8/h5,7-8H,3-4,6H2,1-2H3,(H,13,14,15). The topological polar surface area (TPSA) is 72.1 Å². The van der Waals surface area contributed by atoms with E-state index in [4.69, 9.17) is 0 Å². The number of rotatable bonds is 5. The van der Waals surface area contributed by atoms with E-state index in [2.05, 4.69) is 14.7 Å². The first-order valence-corrected chi connectivity index (χ1v) is 6.90. The lowest BCUT2D eigenvalue weighted by molar-refractivity contribution is -0.143. The first kappa shape index (κ1) is 13.1. The summed E-state index contributed by atoms with van der Waals surface area (Å²) in [5, 5.41) is 0.677. The summed E-state index contributed by atoms with van der Waals surface area (Å²) in [7, 11) is 1.38. The number of nitrogens with one attached hydrogen (secondary N) is 1. The highest BCUT2D eigenvalue weighted by Crippen LogP contribution is 2.37. The Morgan fingerprint density at radius 1 is 1.67 bits per heavy atom. The number of methoxy groups -OCH3 is 1. The number of aromatic nitrogens is 2. The largest absolute Gasteiger partial charge is 0.469 e. The Bertz CT molecular complexity index is 496. The van der Waals surface area contributed by atoms with Gasteiger partial charge in [-0.05, 0) is 12.8 Å². The Morgan fingerprint density at radius 2 is 2.39 bits per heavy atom. The average molecular weight is 268 g/mol. The van der Waals surface area contributed by atoms with Crippen LogP contribution in [0, 0.1) is 5.92 Å². The van der Waals surface area contributed by atoms with Gasteiger partial charge in [0.2, 0.25) is 0 Å². The van der Waals surface area contributed by atoms with Crippen LogP contribution in [-0.4, -0.2) is 28.8 Å². The highest BCUT2D eigenvalue weighted by molar-refractivity contribution is 7.99. The van der Waals surface area contributed by atoms with Crippen molar-refractivity contribution in [1.29, 1.82) is 0 Å². The summed E-state index contributed by atoms with van der Waals surface area (Å²) >= 11 is 1.41. The SMILES string of the molecule is COC(=O)C(C)CSc1cc(=O)[nH]c(C2CC2)n1. The third kappa shape index (κ3) is 3.35. The highest BCUT2D eigenvalue weighted by atomic mass is 32.2. The van der Waals surface area contributed by atoms with Gasteiger partial charge in [-0.2, -0.15) is 0 Å². The zero-order valence-electron chi connectivity index (χ0n) is 10.4. The second-order valence-corrected chi connectivity index (χ2v) is 5.52. The molecule has 0 aliphatic heterocycles. The number of hydrogen-bond donors (Lipinski definition) is 1. The zero-order chi connectivity index (χ0) is 13.1. The molecule has 1 aromatic rings. The average Bonchev–Trinajstić information content (AvgIpc) is 3.18. The number of esters is 1. The van der Waals surface area contributed by atoms with Crippen LogP contribution < -0.4 is 5.56 Å². The molecule has 0 saturated heterocycles. The third-order valence-electron chi connectivity index (χ3n) is 2.79. The second-order valence-electron chi connectivity index (χ2n) is 4.48. The number of carbonyl (C=O) groups is 1.